The summed E-state index contributed by atoms with van der Waals surface area (Å²) in [6.07, 6.45) is 0. The Hall–Kier alpha value is -3.19. The predicted octanol–water partition coefficient (Wildman–Crippen LogP) is 4.55. The van der Waals surface area contributed by atoms with Gasteiger partial charge in [-0.3, -0.25) is 4.79 Å². The van der Waals surface area contributed by atoms with Gasteiger partial charge in [0.15, 0.2) is 0 Å². The van der Waals surface area contributed by atoms with E-state index in [-0.39, 0.29) is 11.2 Å². The number of aromatic nitrogens is 4. The molecule has 0 saturated heterocycles. The second-order valence-electron chi connectivity index (χ2n) is 6.97. The lowest BCUT2D eigenvalue weighted by atomic mass is 10.1. The number of thioether (sulfide) groups is 1. The van der Waals surface area contributed by atoms with Crippen molar-refractivity contribution in [2.24, 2.45) is 0 Å². The molecule has 1 amide bonds. The van der Waals surface area contributed by atoms with Crippen molar-refractivity contribution in [3.05, 3.63) is 71.8 Å². The average molecular weight is 404 g/mol. The summed E-state index contributed by atoms with van der Waals surface area (Å²) in [7, 11) is 0. The lowest BCUT2D eigenvalue weighted by Gasteiger charge is -2.13. The van der Waals surface area contributed by atoms with Gasteiger partial charge in [-0.1, -0.05) is 59.8 Å². The summed E-state index contributed by atoms with van der Waals surface area (Å²) in [5, 5.41) is 17.5. The third-order valence-corrected chi connectivity index (χ3v) is 5.72. The maximum absolute atomic E-state index is 12.7. The summed E-state index contributed by atoms with van der Waals surface area (Å²) in [6, 6.07) is 20.1. The molecule has 0 bridgehead atoms. The Morgan fingerprint density at radius 1 is 1.03 bits per heavy atom. The Morgan fingerprint density at radius 3 is 2.62 bits per heavy atom. The number of rotatable bonds is 5. The third-order valence-electron chi connectivity index (χ3n) is 4.69. The number of anilines is 1. The van der Waals surface area contributed by atoms with Gasteiger partial charge in [-0.05, 0) is 65.7 Å². The van der Waals surface area contributed by atoms with E-state index in [0.29, 0.717) is 5.16 Å². The van der Waals surface area contributed by atoms with Crippen molar-refractivity contribution in [3.63, 3.8) is 0 Å². The van der Waals surface area contributed by atoms with Gasteiger partial charge in [0.05, 0.1) is 10.9 Å². The number of benzene rings is 3. The van der Waals surface area contributed by atoms with Crippen LogP contribution in [0.15, 0.2) is 65.8 Å². The highest BCUT2D eigenvalue weighted by atomic mass is 32.2. The lowest BCUT2D eigenvalue weighted by molar-refractivity contribution is -0.115. The number of fused-ring (bicyclic) bond motifs is 1. The van der Waals surface area contributed by atoms with Gasteiger partial charge in [-0.25, -0.2) is 0 Å². The molecular weight excluding hydrogens is 382 g/mol. The van der Waals surface area contributed by atoms with Crippen molar-refractivity contribution < 1.29 is 4.79 Å². The zero-order valence-electron chi connectivity index (χ0n) is 16.5. The van der Waals surface area contributed by atoms with Crippen LogP contribution in [-0.4, -0.2) is 31.4 Å². The van der Waals surface area contributed by atoms with Crippen LogP contribution in [0.3, 0.4) is 0 Å². The van der Waals surface area contributed by atoms with Crippen molar-refractivity contribution in [1.29, 1.82) is 0 Å². The van der Waals surface area contributed by atoms with Crippen molar-refractivity contribution in [2.45, 2.75) is 31.2 Å². The van der Waals surface area contributed by atoms with Crippen molar-refractivity contribution in [1.82, 2.24) is 20.2 Å². The number of amides is 1. The van der Waals surface area contributed by atoms with E-state index in [1.54, 1.807) is 4.68 Å². The fourth-order valence-corrected chi connectivity index (χ4v) is 3.97. The summed E-state index contributed by atoms with van der Waals surface area (Å²) in [5.41, 5.74) is 3.93. The maximum atomic E-state index is 12.7. The van der Waals surface area contributed by atoms with Crippen molar-refractivity contribution in [2.75, 3.05) is 5.32 Å². The Bertz CT molecular complexity index is 1190. The number of carbonyl (C=O) groups is 1. The predicted molar refractivity (Wildman–Crippen MR) is 117 cm³/mol. The van der Waals surface area contributed by atoms with Crippen LogP contribution in [-0.2, 0) is 4.79 Å². The molecule has 0 fully saturated rings. The molecule has 1 aromatic heterocycles. The number of aryl methyl sites for hydroxylation is 2. The van der Waals surface area contributed by atoms with Crippen molar-refractivity contribution in [3.8, 4) is 5.69 Å². The first-order valence-electron chi connectivity index (χ1n) is 9.33. The fourth-order valence-electron chi connectivity index (χ4n) is 3.17. The normalized spacial score (nSPS) is 12.1. The SMILES string of the molecule is Cc1ccc(-n2nnnc2S[C@H](C)C(=O)Nc2ccc3ccccc3c2)c(C)c1. The van der Waals surface area contributed by atoms with Crippen LogP contribution in [0, 0.1) is 13.8 Å². The van der Waals surface area contributed by atoms with Crippen LogP contribution in [0.1, 0.15) is 18.1 Å². The van der Waals surface area contributed by atoms with E-state index in [9.17, 15) is 4.79 Å². The monoisotopic (exact) mass is 403 g/mol. The van der Waals surface area contributed by atoms with Crippen LogP contribution in [0.4, 0.5) is 5.69 Å². The molecule has 0 spiro atoms. The Labute approximate surface area is 173 Å². The van der Waals surface area contributed by atoms with E-state index in [1.807, 2.05) is 75.4 Å². The number of tetrazole rings is 1. The quantitative estimate of drug-likeness (QED) is 0.495. The molecule has 3 aromatic carbocycles. The molecule has 146 valence electrons. The summed E-state index contributed by atoms with van der Waals surface area (Å²) < 4.78 is 1.68. The number of hydrogen-bond donors (Lipinski definition) is 1. The zero-order chi connectivity index (χ0) is 20.4. The largest absolute Gasteiger partial charge is 0.325 e. The minimum Gasteiger partial charge on any atom is -0.325 e. The summed E-state index contributed by atoms with van der Waals surface area (Å²) >= 11 is 1.33. The van der Waals surface area contributed by atoms with Gasteiger partial charge in [0.2, 0.25) is 11.1 Å². The highest BCUT2D eigenvalue weighted by molar-refractivity contribution is 8.00. The van der Waals surface area contributed by atoms with Gasteiger partial charge >= 0.3 is 0 Å². The highest BCUT2D eigenvalue weighted by Crippen LogP contribution is 2.26. The second kappa shape index (κ2) is 8.05. The molecule has 4 aromatic rings. The van der Waals surface area contributed by atoms with Crippen LogP contribution in [0.2, 0.25) is 0 Å². The minimum atomic E-state index is -0.364. The Morgan fingerprint density at radius 2 is 1.83 bits per heavy atom. The van der Waals surface area contributed by atoms with Gasteiger partial charge in [-0.2, -0.15) is 4.68 Å². The second-order valence-corrected chi connectivity index (χ2v) is 8.28. The molecule has 4 rings (SSSR count). The molecule has 0 aliphatic heterocycles. The van der Waals surface area contributed by atoms with Gasteiger partial charge < -0.3 is 5.32 Å². The number of carbonyl (C=O) groups excluding carboxylic acids is 1. The lowest BCUT2D eigenvalue weighted by Crippen LogP contribution is -2.23. The molecular formula is C22H21N5OS. The smallest absolute Gasteiger partial charge is 0.237 e. The first-order valence-corrected chi connectivity index (χ1v) is 10.2. The highest BCUT2D eigenvalue weighted by Gasteiger charge is 2.20. The molecule has 0 aliphatic rings. The average Bonchev–Trinajstić information content (AvgIpc) is 3.15. The molecule has 6 nitrogen and oxygen atoms in total. The van der Waals surface area contributed by atoms with E-state index in [2.05, 4.69) is 26.9 Å². The standard InChI is InChI=1S/C22H21N5OS/c1-14-8-11-20(15(2)12-14)27-22(24-25-26-27)29-16(3)21(28)23-19-10-9-17-6-4-5-7-18(17)13-19/h4-13,16H,1-3H3,(H,23,28)/t16-/m1/s1. The maximum Gasteiger partial charge on any atom is 0.237 e. The van der Waals surface area contributed by atoms with E-state index < -0.39 is 0 Å². The minimum absolute atomic E-state index is 0.0968. The summed E-state index contributed by atoms with van der Waals surface area (Å²) in [5.74, 6) is -0.0968. The van der Waals surface area contributed by atoms with E-state index in [0.717, 1.165) is 27.7 Å². The molecule has 1 heterocycles. The topological polar surface area (TPSA) is 72.7 Å². The molecule has 1 N–H and O–H groups in total. The molecule has 0 radical (unpaired) electrons. The first kappa shape index (κ1) is 19.1. The Kier molecular flexibility index (Phi) is 5.31. The zero-order valence-corrected chi connectivity index (χ0v) is 17.3. The summed E-state index contributed by atoms with van der Waals surface area (Å²) in [4.78, 5) is 12.7. The van der Waals surface area contributed by atoms with E-state index in [1.165, 1.54) is 17.3 Å². The Balaban J connectivity index is 1.50. The van der Waals surface area contributed by atoms with Crippen LogP contribution in [0.5, 0.6) is 0 Å². The first-order chi connectivity index (χ1) is 14.0. The van der Waals surface area contributed by atoms with E-state index >= 15 is 0 Å². The van der Waals surface area contributed by atoms with Gasteiger partial charge in [0, 0.05) is 5.69 Å². The molecule has 0 saturated carbocycles. The molecule has 29 heavy (non-hydrogen) atoms. The van der Waals surface area contributed by atoms with Crippen LogP contribution in [0.25, 0.3) is 16.5 Å². The molecule has 7 heteroatoms. The molecule has 1 atom stereocenters. The van der Waals surface area contributed by atoms with Gasteiger partial charge in [0.25, 0.3) is 0 Å². The molecule has 0 aliphatic carbocycles. The van der Waals surface area contributed by atoms with Gasteiger partial charge in [-0.15, -0.1) is 5.10 Å². The molecule has 0 unspecified atom stereocenters. The van der Waals surface area contributed by atoms with E-state index in [4.69, 9.17) is 0 Å². The van der Waals surface area contributed by atoms with Crippen molar-refractivity contribution >= 4 is 34.1 Å². The summed E-state index contributed by atoms with van der Waals surface area (Å²) in [6.45, 7) is 5.92. The fraction of sp³-hybridized carbons (Fsp3) is 0.182. The number of nitrogens with one attached hydrogen (secondary N) is 1. The van der Waals surface area contributed by atoms with Gasteiger partial charge in [0.1, 0.15) is 0 Å². The number of hydrogen-bond acceptors (Lipinski definition) is 5. The van der Waals surface area contributed by atoms with Crippen LogP contribution < -0.4 is 5.32 Å². The number of nitrogens with zero attached hydrogens (tertiary/aromatic N) is 4. The van der Waals surface area contributed by atoms with Crippen LogP contribution >= 0.6 is 11.8 Å². The third kappa shape index (κ3) is 4.14.